The Morgan fingerprint density at radius 3 is 2.50 bits per heavy atom. The molecule has 3 rings (SSSR count). The van der Waals surface area contributed by atoms with E-state index >= 15 is 0 Å². The van der Waals surface area contributed by atoms with Gasteiger partial charge in [-0.25, -0.2) is 8.42 Å². The molecule has 1 aliphatic rings. The predicted molar refractivity (Wildman–Crippen MR) is 117 cm³/mol. The summed E-state index contributed by atoms with van der Waals surface area (Å²) >= 11 is 0. The fourth-order valence-electron chi connectivity index (χ4n) is 3.98. The summed E-state index contributed by atoms with van der Waals surface area (Å²) in [5.74, 6) is -0.0490. The average molecular weight is 433 g/mol. The Bertz CT molecular complexity index is 964. The molecule has 0 spiro atoms. The summed E-state index contributed by atoms with van der Waals surface area (Å²) in [6, 6.07) is 10.3. The van der Waals surface area contributed by atoms with Crippen molar-refractivity contribution in [1.82, 2.24) is 19.4 Å². The summed E-state index contributed by atoms with van der Waals surface area (Å²) in [6.07, 6.45) is 3.84. The van der Waals surface area contributed by atoms with Crippen LogP contribution in [-0.4, -0.2) is 47.5 Å². The van der Waals surface area contributed by atoms with Gasteiger partial charge in [0.05, 0.1) is 17.9 Å². The van der Waals surface area contributed by atoms with Crippen molar-refractivity contribution in [2.75, 3.05) is 13.1 Å². The van der Waals surface area contributed by atoms with E-state index < -0.39 is 10.0 Å². The number of aryl methyl sites for hydroxylation is 3. The number of hydrogen-bond acceptors (Lipinski definition) is 4. The molecule has 1 saturated heterocycles. The molecule has 0 saturated carbocycles. The summed E-state index contributed by atoms with van der Waals surface area (Å²) in [7, 11) is -3.52. The Kier molecular flexibility index (Phi) is 7.31. The topological polar surface area (TPSA) is 84.3 Å². The first-order valence-electron chi connectivity index (χ1n) is 10.7. The molecular weight excluding hydrogens is 400 g/mol. The van der Waals surface area contributed by atoms with Crippen LogP contribution >= 0.6 is 0 Å². The van der Waals surface area contributed by atoms with Crippen LogP contribution in [-0.2, 0) is 27.8 Å². The van der Waals surface area contributed by atoms with Crippen molar-refractivity contribution in [3.8, 4) is 0 Å². The van der Waals surface area contributed by atoms with Gasteiger partial charge >= 0.3 is 0 Å². The second-order valence-corrected chi connectivity index (χ2v) is 9.95. The van der Waals surface area contributed by atoms with Crippen LogP contribution in [0.25, 0.3) is 0 Å². The zero-order valence-corrected chi connectivity index (χ0v) is 18.9. The van der Waals surface area contributed by atoms with Gasteiger partial charge in [-0.05, 0) is 52.0 Å². The van der Waals surface area contributed by atoms with Gasteiger partial charge in [-0.1, -0.05) is 30.3 Å². The molecule has 1 aromatic carbocycles. The highest BCUT2D eigenvalue weighted by Gasteiger charge is 2.32. The molecule has 30 heavy (non-hydrogen) atoms. The third-order valence-electron chi connectivity index (χ3n) is 5.64. The number of amides is 1. The molecule has 1 aliphatic heterocycles. The highest BCUT2D eigenvalue weighted by Crippen LogP contribution is 2.26. The number of aromatic nitrogens is 2. The molecular formula is C22H32N4O3S. The summed E-state index contributed by atoms with van der Waals surface area (Å²) in [4.78, 5) is 12.7. The zero-order chi connectivity index (χ0) is 21.7. The minimum Gasteiger partial charge on any atom is -0.354 e. The van der Waals surface area contributed by atoms with Gasteiger partial charge in [-0.3, -0.25) is 9.48 Å². The first-order chi connectivity index (χ1) is 14.3. The van der Waals surface area contributed by atoms with Crippen LogP contribution in [0.3, 0.4) is 0 Å². The predicted octanol–water partition coefficient (Wildman–Crippen LogP) is 2.81. The summed E-state index contributed by atoms with van der Waals surface area (Å²) in [5.41, 5.74) is 2.35. The molecule has 1 fully saturated rings. The highest BCUT2D eigenvalue weighted by atomic mass is 32.2. The van der Waals surface area contributed by atoms with Crippen LogP contribution in [0.4, 0.5) is 0 Å². The Balaban J connectivity index is 1.55. The van der Waals surface area contributed by atoms with Crippen molar-refractivity contribution in [2.45, 2.75) is 70.4 Å². The summed E-state index contributed by atoms with van der Waals surface area (Å²) in [5, 5.41) is 7.44. The fourth-order valence-corrected chi connectivity index (χ4v) is 5.87. The van der Waals surface area contributed by atoms with E-state index in [1.807, 2.05) is 25.1 Å². The third-order valence-corrected chi connectivity index (χ3v) is 7.80. The van der Waals surface area contributed by atoms with E-state index in [9.17, 15) is 13.2 Å². The van der Waals surface area contributed by atoms with Crippen molar-refractivity contribution in [2.24, 2.45) is 0 Å². The van der Waals surface area contributed by atoms with E-state index in [4.69, 9.17) is 0 Å². The van der Waals surface area contributed by atoms with Crippen molar-refractivity contribution >= 4 is 15.9 Å². The lowest BCUT2D eigenvalue weighted by Crippen LogP contribution is -2.33. The van der Waals surface area contributed by atoms with Gasteiger partial charge in [0.2, 0.25) is 15.9 Å². The molecule has 164 valence electrons. The SMILES string of the molecule is Cc1nn(CCC(=O)N[C@H](C)CCc2ccccc2)c(C)c1S(=O)(=O)N1CCCC1. The van der Waals surface area contributed by atoms with Crippen LogP contribution in [0.1, 0.15) is 49.6 Å². The van der Waals surface area contributed by atoms with Gasteiger partial charge in [-0.2, -0.15) is 9.40 Å². The number of benzene rings is 1. The molecule has 0 unspecified atom stereocenters. The highest BCUT2D eigenvalue weighted by molar-refractivity contribution is 7.89. The number of rotatable bonds is 9. The molecule has 1 amide bonds. The molecule has 8 heteroatoms. The Morgan fingerprint density at radius 1 is 1.17 bits per heavy atom. The van der Waals surface area contributed by atoms with Crippen LogP contribution in [0.15, 0.2) is 35.2 Å². The number of nitrogens with zero attached hydrogens (tertiary/aromatic N) is 3. The van der Waals surface area contributed by atoms with Gasteiger partial charge in [-0.15, -0.1) is 0 Å². The lowest BCUT2D eigenvalue weighted by molar-refractivity contribution is -0.122. The molecule has 1 aromatic heterocycles. The number of sulfonamides is 1. The number of carbonyl (C=O) groups excluding carboxylic acids is 1. The smallest absolute Gasteiger partial charge is 0.246 e. The average Bonchev–Trinajstić information content (AvgIpc) is 3.34. The maximum atomic E-state index is 13.0. The second-order valence-electron chi connectivity index (χ2n) is 8.08. The van der Waals surface area contributed by atoms with Gasteiger partial charge in [0, 0.05) is 25.6 Å². The zero-order valence-electron chi connectivity index (χ0n) is 18.1. The maximum absolute atomic E-state index is 13.0. The first-order valence-corrected chi connectivity index (χ1v) is 12.1. The normalized spacial score (nSPS) is 16.0. The molecule has 0 radical (unpaired) electrons. The minimum absolute atomic E-state index is 0.0490. The quantitative estimate of drug-likeness (QED) is 0.660. The maximum Gasteiger partial charge on any atom is 0.246 e. The van der Waals surface area contributed by atoms with Crippen molar-refractivity contribution < 1.29 is 13.2 Å². The second kappa shape index (κ2) is 9.75. The Morgan fingerprint density at radius 2 is 1.83 bits per heavy atom. The summed E-state index contributed by atoms with van der Waals surface area (Å²) in [6.45, 7) is 6.98. The van der Waals surface area contributed by atoms with Crippen molar-refractivity contribution in [3.05, 3.63) is 47.3 Å². The minimum atomic E-state index is -3.52. The van der Waals surface area contributed by atoms with E-state index in [-0.39, 0.29) is 18.4 Å². The van der Waals surface area contributed by atoms with Gasteiger partial charge in [0.25, 0.3) is 0 Å². The summed E-state index contributed by atoms with van der Waals surface area (Å²) < 4.78 is 29.1. The standard InChI is InChI=1S/C22H32N4O3S/c1-17(11-12-20-9-5-4-6-10-20)23-21(27)13-16-26-19(3)22(18(2)24-26)30(28,29)25-14-7-8-15-25/h4-6,9-10,17H,7-8,11-16H2,1-3H3,(H,23,27)/t17-/m1/s1. The van der Waals surface area contributed by atoms with Gasteiger partial charge in [0.1, 0.15) is 4.90 Å². The molecule has 2 aromatic rings. The molecule has 0 bridgehead atoms. The molecule has 2 heterocycles. The number of nitrogens with one attached hydrogen (secondary N) is 1. The van der Waals surface area contributed by atoms with E-state index in [1.54, 1.807) is 18.5 Å². The Hall–Kier alpha value is -2.19. The van der Waals surface area contributed by atoms with Crippen LogP contribution in [0.5, 0.6) is 0 Å². The number of carbonyl (C=O) groups is 1. The lowest BCUT2D eigenvalue weighted by Gasteiger charge is -2.16. The fraction of sp³-hybridized carbons (Fsp3) is 0.545. The van der Waals surface area contributed by atoms with E-state index in [0.29, 0.717) is 35.9 Å². The monoisotopic (exact) mass is 432 g/mol. The van der Waals surface area contributed by atoms with Crippen LogP contribution in [0, 0.1) is 13.8 Å². The molecule has 0 aliphatic carbocycles. The molecule has 7 nitrogen and oxygen atoms in total. The van der Waals surface area contributed by atoms with Gasteiger partial charge in [0.15, 0.2) is 0 Å². The van der Waals surface area contributed by atoms with E-state index in [2.05, 4.69) is 22.5 Å². The van der Waals surface area contributed by atoms with Crippen molar-refractivity contribution in [1.29, 1.82) is 0 Å². The number of hydrogen-bond donors (Lipinski definition) is 1. The third kappa shape index (κ3) is 5.29. The lowest BCUT2D eigenvalue weighted by atomic mass is 10.1. The van der Waals surface area contributed by atoms with Gasteiger partial charge < -0.3 is 5.32 Å². The molecule has 1 N–H and O–H groups in total. The van der Waals surface area contributed by atoms with Crippen LogP contribution in [0.2, 0.25) is 0 Å². The van der Waals surface area contributed by atoms with E-state index in [1.165, 1.54) is 9.87 Å². The molecule has 1 atom stereocenters. The van der Waals surface area contributed by atoms with Crippen molar-refractivity contribution in [3.63, 3.8) is 0 Å². The Labute approximate surface area is 179 Å². The largest absolute Gasteiger partial charge is 0.354 e. The van der Waals surface area contributed by atoms with Crippen LogP contribution < -0.4 is 5.32 Å². The first kappa shape index (κ1) is 22.5. The van der Waals surface area contributed by atoms with E-state index in [0.717, 1.165) is 25.7 Å².